The Morgan fingerprint density at radius 2 is 0.911 bits per heavy atom. The molecule has 0 spiro atoms. The summed E-state index contributed by atoms with van der Waals surface area (Å²) in [5.74, 6) is -1.41. The Hall–Kier alpha value is -1.60. The molecule has 0 atom stereocenters. The first kappa shape index (κ1) is 39.6. The Morgan fingerprint density at radius 1 is 0.578 bits per heavy atom. The number of unbranched alkanes of at least 4 members (excludes halogenated alkanes) is 18. The van der Waals surface area contributed by atoms with Crippen LogP contribution in [0.4, 0.5) is 0 Å². The highest BCUT2D eigenvalue weighted by Gasteiger charge is 2.41. The zero-order chi connectivity index (χ0) is 32.7. The van der Waals surface area contributed by atoms with E-state index in [-0.39, 0.29) is 0 Å². The molecule has 0 aliphatic carbocycles. The van der Waals surface area contributed by atoms with Crippen LogP contribution >= 0.6 is 31.9 Å². The van der Waals surface area contributed by atoms with Gasteiger partial charge >= 0.3 is 11.9 Å². The second-order valence-corrected chi connectivity index (χ2v) is 13.9. The van der Waals surface area contributed by atoms with E-state index in [2.05, 4.69) is 45.7 Å². The van der Waals surface area contributed by atoms with Crippen LogP contribution in [0.1, 0.15) is 154 Å². The van der Waals surface area contributed by atoms with Crippen molar-refractivity contribution in [3.05, 3.63) is 56.3 Å². The van der Waals surface area contributed by atoms with Gasteiger partial charge in [-0.2, -0.15) is 0 Å². The summed E-state index contributed by atoms with van der Waals surface area (Å²) in [6.07, 6.45) is 24.4. The molecule has 1 aliphatic rings. The SMILES string of the molecule is CCCCCCCCCCCCOC(=O)C1=C(Br)N(C)C(Br)=C(C(=O)OCCCCCCCCCCCC)C1c1ccccc1. The van der Waals surface area contributed by atoms with Gasteiger partial charge in [-0.1, -0.05) is 160 Å². The summed E-state index contributed by atoms with van der Waals surface area (Å²) in [6, 6.07) is 9.68. The molecule has 7 heteroatoms. The summed E-state index contributed by atoms with van der Waals surface area (Å²) in [7, 11) is 1.82. The maximum Gasteiger partial charge on any atom is 0.337 e. The maximum atomic E-state index is 13.6. The van der Waals surface area contributed by atoms with Crippen molar-refractivity contribution in [2.24, 2.45) is 0 Å². The lowest BCUT2D eigenvalue weighted by molar-refractivity contribution is -0.140. The average Bonchev–Trinajstić information content (AvgIpc) is 3.05. The number of carbonyl (C=O) groups is 2. The molecule has 0 unspecified atom stereocenters. The molecule has 1 aromatic rings. The van der Waals surface area contributed by atoms with E-state index in [1.807, 2.05) is 37.4 Å². The molecule has 0 amide bonds. The summed E-state index contributed by atoms with van der Waals surface area (Å²) in [4.78, 5) is 29.0. The van der Waals surface area contributed by atoms with E-state index in [0.29, 0.717) is 33.6 Å². The lowest BCUT2D eigenvalue weighted by atomic mass is 9.83. The highest BCUT2D eigenvalue weighted by molar-refractivity contribution is 9.12. The fraction of sp³-hybridized carbons (Fsp3) is 0.684. The third-order valence-electron chi connectivity index (χ3n) is 8.65. The van der Waals surface area contributed by atoms with Gasteiger partial charge in [0.25, 0.3) is 0 Å². The molecular weight excluding hydrogens is 694 g/mol. The lowest BCUT2D eigenvalue weighted by Crippen LogP contribution is -2.32. The van der Waals surface area contributed by atoms with E-state index in [0.717, 1.165) is 44.1 Å². The van der Waals surface area contributed by atoms with E-state index in [1.54, 1.807) is 4.90 Å². The van der Waals surface area contributed by atoms with Gasteiger partial charge in [0, 0.05) is 7.05 Å². The molecule has 0 N–H and O–H groups in total. The van der Waals surface area contributed by atoms with Gasteiger partial charge in [-0.3, -0.25) is 0 Å². The molecule has 0 fully saturated rings. The Labute approximate surface area is 291 Å². The van der Waals surface area contributed by atoms with Crippen LogP contribution in [0, 0.1) is 0 Å². The van der Waals surface area contributed by atoms with Crippen LogP contribution in [0.25, 0.3) is 0 Å². The number of halogens is 2. The smallest absolute Gasteiger partial charge is 0.337 e. The van der Waals surface area contributed by atoms with Crippen molar-refractivity contribution in [3.8, 4) is 0 Å². The van der Waals surface area contributed by atoms with Crippen molar-refractivity contribution in [2.45, 2.75) is 148 Å². The van der Waals surface area contributed by atoms with Gasteiger partial charge in [-0.25, -0.2) is 9.59 Å². The van der Waals surface area contributed by atoms with E-state index in [4.69, 9.17) is 9.47 Å². The van der Waals surface area contributed by atoms with Crippen molar-refractivity contribution in [2.75, 3.05) is 20.3 Å². The fourth-order valence-corrected chi connectivity index (χ4v) is 7.25. The second kappa shape index (κ2) is 24.6. The Kier molecular flexibility index (Phi) is 21.6. The zero-order valence-electron chi connectivity index (χ0n) is 28.4. The van der Waals surface area contributed by atoms with Gasteiger partial charge in [0.2, 0.25) is 0 Å². The van der Waals surface area contributed by atoms with Crippen molar-refractivity contribution >= 4 is 43.8 Å². The molecule has 5 nitrogen and oxygen atoms in total. The van der Waals surface area contributed by atoms with Gasteiger partial charge in [-0.15, -0.1) is 0 Å². The Balaban J connectivity index is 1.92. The highest BCUT2D eigenvalue weighted by atomic mass is 79.9. The number of hydrogen-bond donors (Lipinski definition) is 0. The van der Waals surface area contributed by atoms with Crippen LogP contribution in [-0.4, -0.2) is 37.1 Å². The van der Waals surface area contributed by atoms with Crippen molar-refractivity contribution in [1.82, 2.24) is 4.90 Å². The van der Waals surface area contributed by atoms with Gasteiger partial charge in [0.15, 0.2) is 0 Å². The molecule has 0 saturated heterocycles. The van der Waals surface area contributed by atoms with Gasteiger partial charge < -0.3 is 14.4 Å². The number of rotatable bonds is 25. The quantitative estimate of drug-likeness (QED) is 0.0565. The standard InChI is InChI=1S/C38H59Br2NO4/c1-4-6-8-10-12-14-16-18-20-25-29-44-37(42)33-32(31-27-23-22-24-28-31)34(36(40)41(3)35(33)39)38(43)45-30-26-21-19-17-15-13-11-9-7-5-2/h22-24,27-28,32H,4-21,25-26,29-30H2,1-3H3. The molecule has 1 heterocycles. The zero-order valence-corrected chi connectivity index (χ0v) is 31.5. The molecular formula is C38H59Br2NO4. The molecule has 0 radical (unpaired) electrons. The molecule has 0 aromatic heterocycles. The maximum absolute atomic E-state index is 13.6. The number of benzene rings is 1. The summed E-state index contributed by atoms with van der Waals surface area (Å²) in [5.41, 5.74) is 1.69. The first-order valence-electron chi connectivity index (χ1n) is 17.9. The highest BCUT2D eigenvalue weighted by Crippen LogP contribution is 2.45. The monoisotopic (exact) mass is 751 g/mol. The van der Waals surface area contributed by atoms with Crippen LogP contribution in [0.15, 0.2) is 50.7 Å². The molecule has 2 rings (SSSR count). The largest absolute Gasteiger partial charge is 0.462 e. The third kappa shape index (κ3) is 14.8. The predicted molar refractivity (Wildman–Crippen MR) is 194 cm³/mol. The first-order chi connectivity index (χ1) is 21.9. The summed E-state index contributed by atoms with van der Waals surface area (Å²) >= 11 is 7.30. The average molecular weight is 754 g/mol. The Morgan fingerprint density at radius 3 is 1.27 bits per heavy atom. The molecule has 254 valence electrons. The minimum atomic E-state index is -0.605. The topological polar surface area (TPSA) is 55.8 Å². The van der Waals surface area contributed by atoms with Crippen LogP contribution in [-0.2, 0) is 19.1 Å². The normalized spacial score (nSPS) is 13.9. The van der Waals surface area contributed by atoms with Crippen molar-refractivity contribution in [3.63, 3.8) is 0 Å². The van der Waals surface area contributed by atoms with E-state index >= 15 is 0 Å². The Bertz CT molecular complexity index is 977. The third-order valence-corrected chi connectivity index (χ3v) is 10.6. The fourth-order valence-electron chi connectivity index (χ4n) is 5.88. The molecule has 0 bridgehead atoms. The minimum Gasteiger partial charge on any atom is -0.462 e. The predicted octanol–water partition coefficient (Wildman–Crippen LogP) is 11.9. The minimum absolute atomic E-state index is 0.369. The van der Waals surface area contributed by atoms with Crippen LogP contribution in [0.2, 0.25) is 0 Å². The van der Waals surface area contributed by atoms with E-state index in [1.165, 1.54) is 89.9 Å². The van der Waals surface area contributed by atoms with Gasteiger partial charge in [0.05, 0.1) is 39.5 Å². The van der Waals surface area contributed by atoms with E-state index in [9.17, 15) is 9.59 Å². The van der Waals surface area contributed by atoms with Crippen LogP contribution in [0.5, 0.6) is 0 Å². The van der Waals surface area contributed by atoms with Gasteiger partial charge in [0.1, 0.15) is 0 Å². The van der Waals surface area contributed by atoms with Crippen molar-refractivity contribution < 1.29 is 19.1 Å². The number of carbonyl (C=O) groups excluding carboxylic acids is 2. The molecule has 1 aliphatic heterocycles. The van der Waals surface area contributed by atoms with Gasteiger partial charge in [-0.05, 0) is 50.3 Å². The molecule has 45 heavy (non-hydrogen) atoms. The summed E-state index contributed by atoms with van der Waals surface area (Å²) < 4.78 is 12.8. The number of hydrogen-bond acceptors (Lipinski definition) is 5. The number of nitrogens with zero attached hydrogens (tertiary/aromatic N) is 1. The van der Waals surface area contributed by atoms with Crippen LogP contribution < -0.4 is 0 Å². The molecule has 1 aromatic carbocycles. The first-order valence-corrected chi connectivity index (χ1v) is 19.4. The number of ether oxygens (including phenoxy) is 2. The van der Waals surface area contributed by atoms with Crippen molar-refractivity contribution in [1.29, 1.82) is 0 Å². The number of esters is 2. The molecule has 0 saturated carbocycles. The second-order valence-electron chi connectivity index (χ2n) is 12.4. The summed E-state index contributed by atoms with van der Waals surface area (Å²) in [5, 5.41) is 0. The van der Waals surface area contributed by atoms with Crippen LogP contribution in [0.3, 0.4) is 0 Å². The lowest BCUT2D eigenvalue weighted by Gasteiger charge is -2.33. The summed E-state index contributed by atoms with van der Waals surface area (Å²) in [6.45, 7) is 5.24. The van der Waals surface area contributed by atoms with E-state index < -0.39 is 17.9 Å².